The Kier molecular flexibility index (Phi) is 8.09. The lowest BCUT2D eigenvalue weighted by molar-refractivity contribution is -0.134. The Hall–Kier alpha value is -4.00. The fraction of sp³-hybridized carbons (Fsp3) is 0.200. The van der Waals surface area contributed by atoms with Gasteiger partial charge in [0.2, 0.25) is 0 Å². The van der Waals surface area contributed by atoms with E-state index in [0.717, 1.165) is 11.1 Å². The van der Waals surface area contributed by atoms with Gasteiger partial charge in [0.15, 0.2) is 12.7 Å². The highest BCUT2D eigenvalue weighted by atomic mass is 16.5. The van der Waals surface area contributed by atoms with Crippen molar-refractivity contribution < 1.29 is 23.8 Å². The van der Waals surface area contributed by atoms with Gasteiger partial charge in [-0.05, 0) is 53.9 Å². The third-order valence-corrected chi connectivity index (χ3v) is 4.66. The third kappa shape index (κ3) is 6.50. The highest BCUT2D eigenvalue weighted by Gasteiger charge is 2.19. The summed E-state index contributed by atoms with van der Waals surface area (Å²) in [4.78, 5) is 24.4. The first kappa shape index (κ1) is 22.7. The summed E-state index contributed by atoms with van der Waals surface area (Å²) in [6.07, 6.45) is -0.315. The molecule has 3 rings (SSSR count). The summed E-state index contributed by atoms with van der Waals surface area (Å²) >= 11 is 0. The maximum atomic E-state index is 12.4. The maximum Gasteiger partial charge on any atom is 0.279 e. The molecule has 0 bridgehead atoms. The lowest BCUT2D eigenvalue weighted by Crippen LogP contribution is -2.49. The molecule has 7 heteroatoms. The van der Waals surface area contributed by atoms with Gasteiger partial charge in [-0.3, -0.25) is 20.4 Å². The number of nitrogens with one attached hydrogen (secondary N) is 2. The van der Waals surface area contributed by atoms with Gasteiger partial charge in [-0.25, -0.2) is 0 Å². The minimum absolute atomic E-state index is 0.245. The SMILES string of the molecule is CCC(Oc1ccc(-c2ccccc2)cc1)C(=O)NNC(=O)COc1ccc(OC)cc1. The van der Waals surface area contributed by atoms with E-state index in [4.69, 9.17) is 14.2 Å². The molecule has 2 amide bonds. The van der Waals surface area contributed by atoms with E-state index in [2.05, 4.69) is 10.9 Å². The number of methoxy groups -OCH3 is 1. The minimum Gasteiger partial charge on any atom is -0.497 e. The Bertz CT molecular complexity index is 1000. The molecule has 1 atom stereocenters. The van der Waals surface area contributed by atoms with Gasteiger partial charge in [0.05, 0.1) is 7.11 Å². The number of hydrogen-bond acceptors (Lipinski definition) is 5. The Labute approximate surface area is 187 Å². The Morgan fingerprint density at radius 3 is 2.00 bits per heavy atom. The first-order valence-corrected chi connectivity index (χ1v) is 10.3. The van der Waals surface area contributed by atoms with Gasteiger partial charge < -0.3 is 14.2 Å². The van der Waals surface area contributed by atoms with Crippen molar-refractivity contribution in [3.63, 3.8) is 0 Å². The van der Waals surface area contributed by atoms with E-state index in [0.29, 0.717) is 23.7 Å². The van der Waals surface area contributed by atoms with Crippen LogP contribution in [0.1, 0.15) is 13.3 Å². The number of carbonyl (C=O) groups excluding carboxylic acids is 2. The Balaban J connectivity index is 1.46. The smallest absolute Gasteiger partial charge is 0.279 e. The van der Waals surface area contributed by atoms with Crippen molar-refractivity contribution in [2.45, 2.75) is 19.4 Å². The van der Waals surface area contributed by atoms with Crippen molar-refractivity contribution in [2.75, 3.05) is 13.7 Å². The van der Waals surface area contributed by atoms with Crippen LogP contribution in [0.2, 0.25) is 0 Å². The molecule has 7 nitrogen and oxygen atoms in total. The van der Waals surface area contributed by atoms with Crippen molar-refractivity contribution >= 4 is 11.8 Å². The predicted molar refractivity (Wildman–Crippen MR) is 121 cm³/mol. The van der Waals surface area contributed by atoms with E-state index in [1.807, 2.05) is 61.5 Å². The van der Waals surface area contributed by atoms with Gasteiger partial charge in [0.1, 0.15) is 17.2 Å². The van der Waals surface area contributed by atoms with Crippen LogP contribution in [-0.2, 0) is 9.59 Å². The summed E-state index contributed by atoms with van der Waals surface area (Å²) in [5.74, 6) is 0.838. The van der Waals surface area contributed by atoms with Crippen LogP contribution in [0.3, 0.4) is 0 Å². The molecule has 0 aliphatic heterocycles. The van der Waals surface area contributed by atoms with Gasteiger partial charge in [-0.15, -0.1) is 0 Å². The molecule has 0 aromatic heterocycles. The summed E-state index contributed by atoms with van der Waals surface area (Å²) < 4.78 is 16.2. The van der Waals surface area contributed by atoms with Crippen LogP contribution in [0.25, 0.3) is 11.1 Å². The lowest BCUT2D eigenvalue weighted by Gasteiger charge is -2.18. The molecule has 166 valence electrons. The number of benzene rings is 3. The monoisotopic (exact) mass is 434 g/mol. The number of amides is 2. The largest absolute Gasteiger partial charge is 0.497 e. The lowest BCUT2D eigenvalue weighted by atomic mass is 10.1. The standard InChI is InChI=1S/C25H26N2O5/c1-3-23(32-22-11-9-19(10-12-22)18-7-5-4-6-8-18)25(29)27-26-24(28)17-31-21-15-13-20(30-2)14-16-21/h4-16,23H,3,17H2,1-2H3,(H,26,28)(H,27,29). The first-order chi connectivity index (χ1) is 15.6. The second-order valence-electron chi connectivity index (χ2n) is 6.91. The van der Waals surface area contributed by atoms with E-state index in [9.17, 15) is 9.59 Å². The number of hydrazine groups is 1. The predicted octanol–water partition coefficient (Wildman–Crippen LogP) is 3.75. The minimum atomic E-state index is -0.750. The number of ether oxygens (including phenoxy) is 3. The van der Waals surface area contributed by atoms with Crippen LogP contribution in [0, 0.1) is 0 Å². The van der Waals surface area contributed by atoms with Crippen LogP contribution >= 0.6 is 0 Å². The van der Waals surface area contributed by atoms with Gasteiger partial charge in [0.25, 0.3) is 11.8 Å². The van der Waals surface area contributed by atoms with Crippen LogP contribution in [-0.4, -0.2) is 31.6 Å². The van der Waals surface area contributed by atoms with Crippen LogP contribution < -0.4 is 25.1 Å². The molecule has 0 radical (unpaired) electrons. The quantitative estimate of drug-likeness (QED) is 0.501. The van der Waals surface area contributed by atoms with E-state index < -0.39 is 17.9 Å². The van der Waals surface area contributed by atoms with Gasteiger partial charge in [-0.2, -0.15) is 0 Å². The molecule has 3 aromatic carbocycles. The van der Waals surface area contributed by atoms with E-state index in [1.165, 1.54) is 0 Å². The second-order valence-corrected chi connectivity index (χ2v) is 6.91. The molecule has 0 saturated carbocycles. The summed E-state index contributed by atoms with van der Waals surface area (Å²) in [5.41, 5.74) is 6.88. The van der Waals surface area contributed by atoms with Crippen molar-refractivity contribution in [1.29, 1.82) is 0 Å². The highest BCUT2D eigenvalue weighted by molar-refractivity contribution is 5.85. The second kappa shape index (κ2) is 11.4. The van der Waals surface area contributed by atoms with Gasteiger partial charge in [-0.1, -0.05) is 49.4 Å². The third-order valence-electron chi connectivity index (χ3n) is 4.66. The topological polar surface area (TPSA) is 85.9 Å². The van der Waals surface area contributed by atoms with Crippen molar-refractivity contribution in [1.82, 2.24) is 10.9 Å². The van der Waals surface area contributed by atoms with Crippen LogP contribution in [0.5, 0.6) is 17.2 Å². The normalized spacial score (nSPS) is 11.2. The van der Waals surface area contributed by atoms with Gasteiger partial charge >= 0.3 is 0 Å². The summed E-state index contributed by atoms with van der Waals surface area (Å²) in [7, 11) is 1.57. The zero-order valence-electron chi connectivity index (χ0n) is 18.0. The Morgan fingerprint density at radius 2 is 1.38 bits per heavy atom. The van der Waals surface area contributed by atoms with Crippen molar-refractivity contribution in [3.8, 4) is 28.4 Å². The van der Waals surface area contributed by atoms with Crippen molar-refractivity contribution in [2.24, 2.45) is 0 Å². The summed E-state index contributed by atoms with van der Waals surface area (Å²) in [6, 6.07) is 24.3. The average Bonchev–Trinajstić information content (AvgIpc) is 2.85. The maximum absolute atomic E-state index is 12.4. The zero-order valence-corrected chi connectivity index (χ0v) is 18.0. The molecule has 0 fully saturated rings. The molecule has 0 aliphatic rings. The summed E-state index contributed by atoms with van der Waals surface area (Å²) in [6.45, 7) is 1.59. The molecule has 2 N–H and O–H groups in total. The summed E-state index contributed by atoms with van der Waals surface area (Å²) in [5, 5.41) is 0. The number of rotatable bonds is 9. The first-order valence-electron chi connectivity index (χ1n) is 10.3. The van der Waals surface area contributed by atoms with E-state index in [-0.39, 0.29) is 6.61 Å². The van der Waals surface area contributed by atoms with E-state index >= 15 is 0 Å². The molecular formula is C25H26N2O5. The zero-order chi connectivity index (χ0) is 22.8. The Morgan fingerprint density at radius 1 is 0.781 bits per heavy atom. The molecule has 3 aromatic rings. The van der Waals surface area contributed by atoms with Crippen LogP contribution in [0.4, 0.5) is 0 Å². The number of carbonyl (C=O) groups is 2. The molecule has 0 saturated heterocycles. The van der Waals surface area contributed by atoms with Gasteiger partial charge in [0, 0.05) is 0 Å². The number of hydrogen-bond donors (Lipinski definition) is 2. The molecule has 0 spiro atoms. The molecule has 0 heterocycles. The van der Waals surface area contributed by atoms with Crippen molar-refractivity contribution in [3.05, 3.63) is 78.9 Å². The average molecular weight is 434 g/mol. The fourth-order valence-corrected chi connectivity index (χ4v) is 2.91. The highest BCUT2D eigenvalue weighted by Crippen LogP contribution is 2.23. The molecule has 0 aliphatic carbocycles. The molecule has 32 heavy (non-hydrogen) atoms. The molecule has 1 unspecified atom stereocenters. The van der Waals surface area contributed by atoms with Crippen LogP contribution in [0.15, 0.2) is 78.9 Å². The fourth-order valence-electron chi connectivity index (χ4n) is 2.91. The van der Waals surface area contributed by atoms with E-state index in [1.54, 1.807) is 31.4 Å². The molecular weight excluding hydrogens is 408 g/mol.